The van der Waals surface area contributed by atoms with Gasteiger partial charge in [0, 0.05) is 19.2 Å². The number of carboxylic acid groups (broad SMARTS) is 1. The molecule has 0 aromatic heterocycles. The van der Waals surface area contributed by atoms with Gasteiger partial charge in [-0.15, -0.1) is 0 Å². The normalized spacial score (nSPS) is 9.94. The molecule has 1 aromatic carbocycles. The summed E-state index contributed by atoms with van der Waals surface area (Å²) in [6.45, 7) is 0.370. The van der Waals surface area contributed by atoms with Crippen molar-refractivity contribution < 1.29 is 24.3 Å². The maximum atomic E-state index is 10.7. The number of benzene rings is 1. The van der Waals surface area contributed by atoms with Crippen molar-refractivity contribution in [1.82, 2.24) is 0 Å². The Kier molecular flexibility index (Phi) is 4.41. The Hall–Kier alpha value is -2.15. The lowest BCUT2D eigenvalue weighted by Crippen LogP contribution is -2.07. The van der Waals surface area contributed by atoms with E-state index in [4.69, 9.17) is 14.6 Å². The number of carboxylic acids is 1. The molecule has 0 amide bonds. The van der Waals surface area contributed by atoms with Gasteiger partial charge < -0.3 is 14.6 Å². The van der Waals surface area contributed by atoms with Crippen LogP contribution in [0.2, 0.25) is 0 Å². The lowest BCUT2D eigenvalue weighted by Gasteiger charge is -2.06. The van der Waals surface area contributed by atoms with Gasteiger partial charge >= 0.3 is 11.7 Å². The zero-order valence-corrected chi connectivity index (χ0v) is 9.08. The maximum Gasteiger partial charge on any atom is 0.335 e. The number of nitrogens with zero attached hydrogens (tertiary/aromatic N) is 1. The Balaban J connectivity index is 2.98. The summed E-state index contributed by atoms with van der Waals surface area (Å²) in [4.78, 5) is 20.8. The fourth-order valence-electron chi connectivity index (χ4n) is 1.15. The van der Waals surface area contributed by atoms with E-state index in [1.165, 1.54) is 7.11 Å². The van der Waals surface area contributed by atoms with Crippen molar-refractivity contribution in [2.24, 2.45) is 0 Å². The molecule has 0 saturated heterocycles. The first-order valence-corrected chi connectivity index (χ1v) is 4.69. The van der Waals surface area contributed by atoms with Crippen molar-refractivity contribution >= 4 is 11.7 Å². The van der Waals surface area contributed by atoms with Gasteiger partial charge in [-0.1, -0.05) is 0 Å². The van der Waals surface area contributed by atoms with Gasteiger partial charge in [-0.25, -0.2) is 4.79 Å². The minimum atomic E-state index is -1.17. The second-order valence-electron chi connectivity index (χ2n) is 3.09. The van der Waals surface area contributed by atoms with Gasteiger partial charge in [0.05, 0.1) is 17.1 Å². The van der Waals surface area contributed by atoms with E-state index >= 15 is 0 Å². The van der Waals surface area contributed by atoms with E-state index in [-0.39, 0.29) is 30.2 Å². The first-order valence-electron chi connectivity index (χ1n) is 4.69. The summed E-state index contributed by atoms with van der Waals surface area (Å²) in [5.74, 6) is -1.25. The summed E-state index contributed by atoms with van der Waals surface area (Å²) in [7, 11) is 1.46. The molecule has 0 heterocycles. The number of carbonyl (C=O) groups is 1. The number of nitro benzene ring substituents is 1. The van der Waals surface area contributed by atoms with Crippen LogP contribution in [-0.2, 0) is 4.74 Å². The highest BCUT2D eigenvalue weighted by Crippen LogP contribution is 2.27. The second kappa shape index (κ2) is 5.80. The number of hydrogen-bond donors (Lipinski definition) is 1. The van der Waals surface area contributed by atoms with Crippen LogP contribution in [0.3, 0.4) is 0 Å². The summed E-state index contributed by atoms with van der Waals surface area (Å²) in [5, 5.41) is 19.4. The van der Waals surface area contributed by atoms with Crippen molar-refractivity contribution in [1.29, 1.82) is 0 Å². The molecule has 0 atom stereocenters. The third-order valence-corrected chi connectivity index (χ3v) is 1.95. The molecular formula is C10H11NO6. The lowest BCUT2D eigenvalue weighted by atomic mass is 10.2. The highest BCUT2D eigenvalue weighted by atomic mass is 16.6. The summed E-state index contributed by atoms with van der Waals surface area (Å²) < 4.78 is 9.83. The Morgan fingerprint density at radius 2 is 2.18 bits per heavy atom. The molecular weight excluding hydrogens is 230 g/mol. The number of ether oxygens (including phenoxy) is 2. The smallest absolute Gasteiger partial charge is 0.335 e. The van der Waals surface area contributed by atoms with Crippen LogP contribution in [0.5, 0.6) is 5.75 Å². The van der Waals surface area contributed by atoms with E-state index < -0.39 is 10.9 Å². The number of methoxy groups -OCH3 is 1. The van der Waals surface area contributed by atoms with E-state index in [0.717, 1.165) is 18.2 Å². The first kappa shape index (κ1) is 12.9. The van der Waals surface area contributed by atoms with Crippen LogP contribution in [-0.4, -0.2) is 36.3 Å². The maximum absolute atomic E-state index is 10.7. The highest BCUT2D eigenvalue weighted by Gasteiger charge is 2.17. The average molecular weight is 241 g/mol. The molecule has 0 unspecified atom stereocenters. The fourth-order valence-corrected chi connectivity index (χ4v) is 1.15. The number of aromatic carboxylic acids is 1. The predicted octanol–water partition coefficient (Wildman–Crippen LogP) is 1.32. The number of rotatable bonds is 6. The van der Waals surface area contributed by atoms with Gasteiger partial charge in [0.25, 0.3) is 0 Å². The zero-order valence-electron chi connectivity index (χ0n) is 9.08. The van der Waals surface area contributed by atoms with Crippen LogP contribution < -0.4 is 4.74 Å². The van der Waals surface area contributed by atoms with E-state index in [9.17, 15) is 14.9 Å². The Morgan fingerprint density at radius 3 is 2.71 bits per heavy atom. The van der Waals surface area contributed by atoms with Crippen LogP contribution in [0.15, 0.2) is 18.2 Å². The predicted molar refractivity (Wildman–Crippen MR) is 57.4 cm³/mol. The molecule has 0 saturated carbocycles. The minimum absolute atomic E-state index is 0.0667. The molecule has 92 valence electrons. The molecule has 0 aliphatic rings. The van der Waals surface area contributed by atoms with Crippen LogP contribution in [0.25, 0.3) is 0 Å². The Bertz CT molecular complexity index is 431. The van der Waals surface area contributed by atoms with E-state index in [1.54, 1.807) is 0 Å². The standard InChI is InChI=1S/C10H11NO6/c1-16-4-5-17-9-6-7(10(12)13)2-3-8(9)11(14)15/h2-3,6H,4-5H2,1H3,(H,12,13). The summed E-state index contributed by atoms with van der Waals surface area (Å²) in [6.07, 6.45) is 0. The van der Waals surface area contributed by atoms with Gasteiger partial charge in [0.1, 0.15) is 6.61 Å². The molecule has 1 rings (SSSR count). The topological polar surface area (TPSA) is 98.9 Å². The Labute approximate surface area is 96.7 Å². The van der Waals surface area contributed by atoms with Gasteiger partial charge in [-0.05, 0) is 6.07 Å². The van der Waals surface area contributed by atoms with Crippen LogP contribution in [0.4, 0.5) is 5.69 Å². The van der Waals surface area contributed by atoms with E-state index in [0.29, 0.717) is 0 Å². The summed E-state index contributed by atoms with van der Waals surface area (Å²) in [5.41, 5.74) is -0.339. The molecule has 17 heavy (non-hydrogen) atoms. The lowest BCUT2D eigenvalue weighted by molar-refractivity contribution is -0.385. The third-order valence-electron chi connectivity index (χ3n) is 1.95. The number of hydrogen-bond acceptors (Lipinski definition) is 5. The van der Waals surface area contributed by atoms with Crippen LogP contribution >= 0.6 is 0 Å². The Morgan fingerprint density at radius 1 is 1.47 bits per heavy atom. The van der Waals surface area contributed by atoms with Crippen molar-refractivity contribution in [3.8, 4) is 5.75 Å². The molecule has 1 aromatic rings. The molecule has 0 radical (unpaired) electrons. The van der Waals surface area contributed by atoms with E-state index in [1.807, 2.05) is 0 Å². The molecule has 7 nitrogen and oxygen atoms in total. The molecule has 1 N–H and O–H groups in total. The monoisotopic (exact) mass is 241 g/mol. The first-order chi connectivity index (χ1) is 8.06. The molecule has 0 aliphatic heterocycles. The molecule has 0 fully saturated rings. The van der Waals surface area contributed by atoms with Crippen LogP contribution in [0, 0.1) is 10.1 Å². The third kappa shape index (κ3) is 3.42. The molecule has 0 aliphatic carbocycles. The largest absolute Gasteiger partial charge is 0.484 e. The molecule has 0 bridgehead atoms. The highest BCUT2D eigenvalue weighted by molar-refractivity contribution is 5.88. The summed E-state index contributed by atoms with van der Waals surface area (Å²) in [6, 6.07) is 3.38. The molecule has 0 spiro atoms. The van der Waals surface area contributed by atoms with Gasteiger partial charge in [-0.2, -0.15) is 0 Å². The van der Waals surface area contributed by atoms with Crippen molar-refractivity contribution in [3.05, 3.63) is 33.9 Å². The second-order valence-corrected chi connectivity index (χ2v) is 3.09. The van der Waals surface area contributed by atoms with Crippen LogP contribution in [0.1, 0.15) is 10.4 Å². The summed E-state index contributed by atoms with van der Waals surface area (Å²) >= 11 is 0. The van der Waals surface area contributed by atoms with Crippen molar-refractivity contribution in [2.45, 2.75) is 0 Å². The van der Waals surface area contributed by atoms with Gasteiger partial charge in [0.2, 0.25) is 0 Å². The average Bonchev–Trinajstić information content (AvgIpc) is 2.28. The van der Waals surface area contributed by atoms with E-state index in [2.05, 4.69) is 0 Å². The fraction of sp³-hybridized carbons (Fsp3) is 0.300. The minimum Gasteiger partial charge on any atom is -0.484 e. The zero-order chi connectivity index (χ0) is 12.8. The molecule has 7 heteroatoms. The number of nitro groups is 1. The van der Waals surface area contributed by atoms with Crippen molar-refractivity contribution in [3.63, 3.8) is 0 Å². The quantitative estimate of drug-likeness (QED) is 0.458. The van der Waals surface area contributed by atoms with Gasteiger partial charge in [-0.3, -0.25) is 10.1 Å². The van der Waals surface area contributed by atoms with Crippen molar-refractivity contribution in [2.75, 3.05) is 20.3 Å². The van der Waals surface area contributed by atoms with Gasteiger partial charge in [0.15, 0.2) is 5.75 Å². The SMILES string of the molecule is COCCOc1cc(C(=O)O)ccc1[N+](=O)[O-].